The number of aliphatic imine (C=N–C) groups is 1. The Balaban J connectivity index is 1.71. The maximum Gasteiger partial charge on any atom is 0.410 e. The molecule has 2 heterocycles. The smallest absolute Gasteiger partial charge is 0.410 e. The lowest BCUT2D eigenvalue weighted by Crippen LogP contribution is -2.52. The number of carbonyl (C=O) groups is 1. The first-order chi connectivity index (χ1) is 13.7. The van der Waals surface area contributed by atoms with Crippen molar-refractivity contribution in [2.75, 3.05) is 46.8 Å². The minimum absolute atomic E-state index is 0.0646. The van der Waals surface area contributed by atoms with Gasteiger partial charge in [0, 0.05) is 65.5 Å². The highest BCUT2D eigenvalue weighted by Crippen LogP contribution is 2.12. The summed E-state index contributed by atoms with van der Waals surface area (Å²) < 4.78 is 10.3. The van der Waals surface area contributed by atoms with Gasteiger partial charge in [-0.05, 0) is 34.1 Å². The highest BCUT2D eigenvalue weighted by atomic mass is 16.6. The zero-order valence-electron chi connectivity index (χ0n) is 18.6. The maximum atomic E-state index is 12.2. The van der Waals surface area contributed by atoms with Gasteiger partial charge in [-0.3, -0.25) is 9.89 Å². The zero-order valence-corrected chi connectivity index (χ0v) is 18.6. The molecule has 1 atom stereocenters. The molecule has 1 unspecified atom stereocenters. The molecule has 1 amide bonds. The van der Waals surface area contributed by atoms with Gasteiger partial charge in [-0.2, -0.15) is 0 Å². The summed E-state index contributed by atoms with van der Waals surface area (Å²) in [7, 11) is 3.59. The Morgan fingerprint density at radius 1 is 1.38 bits per heavy atom. The minimum atomic E-state index is -0.485. The second-order valence-electron chi connectivity index (χ2n) is 8.46. The van der Waals surface area contributed by atoms with E-state index in [0.29, 0.717) is 0 Å². The summed E-state index contributed by atoms with van der Waals surface area (Å²) in [6, 6.07) is 1.97. The summed E-state index contributed by atoms with van der Waals surface area (Å²) in [6.45, 7) is 12.9. The molecule has 0 bridgehead atoms. The van der Waals surface area contributed by atoms with E-state index in [1.165, 1.54) is 0 Å². The first kappa shape index (κ1) is 23.0. The third kappa shape index (κ3) is 7.56. The molecule has 0 aliphatic carbocycles. The van der Waals surface area contributed by atoms with E-state index in [1.807, 2.05) is 33.8 Å². The van der Waals surface area contributed by atoms with E-state index < -0.39 is 5.60 Å². The molecule has 1 aliphatic rings. The van der Waals surface area contributed by atoms with Crippen LogP contribution in [0.5, 0.6) is 0 Å². The number of hydrogen-bond acceptors (Lipinski definition) is 6. The van der Waals surface area contributed by atoms with Gasteiger partial charge in [0.25, 0.3) is 0 Å². The first-order valence-electron chi connectivity index (χ1n) is 10.2. The molecule has 1 aromatic heterocycles. The lowest BCUT2D eigenvalue weighted by atomic mass is 10.2. The molecule has 0 radical (unpaired) electrons. The summed E-state index contributed by atoms with van der Waals surface area (Å²) in [5.41, 5.74) is 0.477. The van der Waals surface area contributed by atoms with Gasteiger partial charge in [-0.15, -0.1) is 0 Å². The van der Waals surface area contributed by atoms with E-state index in [-0.39, 0.29) is 12.1 Å². The molecule has 0 aromatic carbocycles. The number of carbonyl (C=O) groups excluding carboxylic acids is 1. The van der Waals surface area contributed by atoms with Crippen LogP contribution in [0.15, 0.2) is 21.8 Å². The van der Waals surface area contributed by atoms with Gasteiger partial charge in [0.1, 0.15) is 11.9 Å². The Morgan fingerprint density at radius 3 is 2.62 bits per heavy atom. The van der Waals surface area contributed by atoms with Crippen molar-refractivity contribution < 1.29 is 14.1 Å². The van der Waals surface area contributed by atoms with Gasteiger partial charge in [0.15, 0.2) is 5.96 Å². The van der Waals surface area contributed by atoms with E-state index in [4.69, 9.17) is 9.26 Å². The predicted octanol–water partition coefficient (Wildman–Crippen LogP) is 2.01. The van der Waals surface area contributed by atoms with Crippen molar-refractivity contribution in [2.45, 2.75) is 52.3 Å². The monoisotopic (exact) mass is 408 g/mol. The number of piperazine rings is 1. The van der Waals surface area contributed by atoms with Crippen molar-refractivity contribution in [1.82, 2.24) is 25.2 Å². The summed E-state index contributed by atoms with van der Waals surface area (Å²) in [4.78, 5) is 22.9. The van der Waals surface area contributed by atoms with Gasteiger partial charge in [-0.1, -0.05) is 5.16 Å². The lowest BCUT2D eigenvalue weighted by Gasteiger charge is -2.36. The highest BCUT2D eigenvalue weighted by molar-refractivity contribution is 5.80. The van der Waals surface area contributed by atoms with E-state index in [2.05, 4.69) is 25.3 Å². The number of aromatic nitrogens is 1. The Morgan fingerprint density at radius 2 is 2.07 bits per heavy atom. The van der Waals surface area contributed by atoms with Crippen molar-refractivity contribution in [2.24, 2.45) is 4.99 Å². The van der Waals surface area contributed by atoms with Crippen molar-refractivity contribution in [3.63, 3.8) is 0 Å². The predicted molar refractivity (Wildman–Crippen MR) is 113 cm³/mol. The quantitative estimate of drug-likeness (QED) is 0.569. The molecular formula is C20H36N6O3. The van der Waals surface area contributed by atoms with Gasteiger partial charge in [0.2, 0.25) is 0 Å². The topological polar surface area (TPSA) is 86.4 Å². The van der Waals surface area contributed by atoms with Crippen LogP contribution in [0.1, 0.15) is 39.8 Å². The van der Waals surface area contributed by atoms with E-state index in [9.17, 15) is 4.79 Å². The van der Waals surface area contributed by atoms with Crippen LogP contribution in [0.2, 0.25) is 0 Å². The molecule has 0 spiro atoms. The molecule has 2 rings (SSSR count). The molecule has 9 nitrogen and oxygen atoms in total. The largest absolute Gasteiger partial charge is 0.444 e. The van der Waals surface area contributed by atoms with Crippen LogP contribution in [-0.2, 0) is 11.3 Å². The fraction of sp³-hybridized carbons (Fsp3) is 0.750. The third-order valence-electron chi connectivity index (χ3n) is 4.95. The van der Waals surface area contributed by atoms with Crippen LogP contribution in [0.3, 0.4) is 0 Å². The van der Waals surface area contributed by atoms with Gasteiger partial charge < -0.3 is 24.4 Å². The van der Waals surface area contributed by atoms with Crippen LogP contribution in [0, 0.1) is 0 Å². The molecule has 29 heavy (non-hydrogen) atoms. The van der Waals surface area contributed by atoms with Gasteiger partial charge in [-0.25, -0.2) is 4.79 Å². The summed E-state index contributed by atoms with van der Waals surface area (Å²) >= 11 is 0. The number of guanidine groups is 1. The maximum absolute atomic E-state index is 12.2. The van der Waals surface area contributed by atoms with Crippen LogP contribution in [0.25, 0.3) is 0 Å². The van der Waals surface area contributed by atoms with Crippen molar-refractivity contribution in [3.8, 4) is 0 Å². The molecule has 0 saturated carbocycles. The fourth-order valence-electron chi connectivity index (χ4n) is 3.10. The molecule has 9 heteroatoms. The second kappa shape index (κ2) is 10.5. The number of nitrogens with one attached hydrogen (secondary N) is 1. The van der Waals surface area contributed by atoms with Crippen LogP contribution < -0.4 is 5.32 Å². The standard InChI is InChI=1S/C20H36N6O3/c1-16(24(6)19(27)29-20(2,3)4)7-9-22-18(21-5)26-12-10-25(11-13-26)15-17-8-14-28-23-17/h8,14,16H,7,9-13,15H2,1-6H3,(H,21,22). The van der Waals surface area contributed by atoms with Crippen molar-refractivity contribution >= 4 is 12.1 Å². The summed E-state index contributed by atoms with van der Waals surface area (Å²) in [5, 5.41) is 7.40. The normalized spacial score (nSPS) is 17.2. The van der Waals surface area contributed by atoms with E-state index >= 15 is 0 Å². The van der Waals surface area contributed by atoms with Crippen molar-refractivity contribution in [1.29, 1.82) is 0 Å². The number of amides is 1. The van der Waals surface area contributed by atoms with Crippen molar-refractivity contribution in [3.05, 3.63) is 18.0 Å². The highest BCUT2D eigenvalue weighted by Gasteiger charge is 2.23. The third-order valence-corrected chi connectivity index (χ3v) is 4.95. The Hall–Kier alpha value is -2.29. The fourth-order valence-corrected chi connectivity index (χ4v) is 3.10. The minimum Gasteiger partial charge on any atom is -0.444 e. The van der Waals surface area contributed by atoms with E-state index in [1.54, 1.807) is 25.3 Å². The number of rotatable bonds is 6. The molecule has 1 N–H and O–H groups in total. The molecule has 164 valence electrons. The Bertz CT molecular complexity index is 648. The van der Waals surface area contributed by atoms with Gasteiger partial charge >= 0.3 is 6.09 Å². The zero-order chi connectivity index (χ0) is 21.4. The molecule has 1 saturated heterocycles. The Kier molecular flexibility index (Phi) is 8.31. The second-order valence-corrected chi connectivity index (χ2v) is 8.46. The molecule has 1 fully saturated rings. The Labute approximate surface area is 174 Å². The average Bonchev–Trinajstić information content (AvgIpc) is 3.17. The SMILES string of the molecule is CN=C(NCCC(C)N(C)C(=O)OC(C)(C)C)N1CCN(Cc2ccon2)CC1. The van der Waals surface area contributed by atoms with E-state index in [0.717, 1.165) is 57.3 Å². The number of nitrogens with zero attached hydrogens (tertiary/aromatic N) is 5. The van der Waals surface area contributed by atoms with Crippen LogP contribution >= 0.6 is 0 Å². The molecular weight excluding hydrogens is 372 g/mol. The number of hydrogen-bond donors (Lipinski definition) is 1. The lowest BCUT2D eigenvalue weighted by molar-refractivity contribution is 0.0230. The summed E-state index contributed by atoms with van der Waals surface area (Å²) in [6.07, 6.45) is 2.12. The average molecular weight is 409 g/mol. The summed E-state index contributed by atoms with van der Waals surface area (Å²) in [5.74, 6) is 0.901. The molecule has 1 aromatic rings. The molecule has 1 aliphatic heterocycles. The first-order valence-corrected chi connectivity index (χ1v) is 10.2. The van der Waals surface area contributed by atoms with Gasteiger partial charge in [0.05, 0.1) is 5.69 Å². The van der Waals surface area contributed by atoms with Crippen LogP contribution in [-0.4, -0.2) is 90.4 Å². The number of ether oxygens (including phenoxy) is 1. The van der Waals surface area contributed by atoms with Crippen LogP contribution in [0.4, 0.5) is 4.79 Å².